The predicted molar refractivity (Wildman–Crippen MR) is 137 cm³/mol. The van der Waals surface area contributed by atoms with Gasteiger partial charge in [0, 0.05) is 10.6 Å². The Hall–Kier alpha value is -3.29. The van der Waals surface area contributed by atoms with Gasteiger partial charge in [-0.1, -0.05) is 61.8 Å². The van der Waals surface area contributed by atoms with Gasteiger partial charge in [0.15, 0.2) is 0 Å². The molecule has 2 aromatic carbocycles. The van der Waals surface area contributed by atoms with Crippen LogP contribution >= 0.6 is 22.9 Å². The molecule has 0 saturated heterocycles. The van der Waals surface area contributed by atoms with Crippen molar-refractivity contribution in [2.75, 3.05) is 0 Å². The second kappa shape index (κ2) is 8.49. The van der Waals surface area contributed by atoms with E-state index >= 15 is 0 Å². The number of fused-ring (bicyclic) bond motifs is 1. The minimum Gasteiger partial charge on any atom is -0.333 e. The number of thiophene rings is 1. The Balaban J connectivity index is 1.48. The fourth-order valence-corrected chi connectivity index (χ4v) is 5.00. The molecule has 0 bridgehead atoms. The molecule has 8 heteroatoms. The minimum absolute atomic E-state index is 0.0812. The summed E-state index contributed by atoms with van der Waals surface area (Å²) < 4.78 is 7.17. The zero-order chi connectivity index (χ0) is 24.0. The number of halogens is 1. The first-order valence-corrected chi connectivity index (χ1v) is 12.1. The number of rotatable bonds is 4. The fourth-order valence-electron chi connectivity index (χ4n) is 3.81. The van der Waals surface area contributed by atoms with Crippen LogP contribution in [0, 0.1) is 6.92 Å². The molecule has 0 saturated carbocycles. The second-order valence-corrected chi connectivity index (χ2v) is 10.7. The average Bonchev–Trinajstić information content (AvgIpc) is 3.41. The summed E-state index contributed by atoms with van der Waals surface area (Å²) in [6.45, 7) is 8.90. The van der Waals surface area contributed by atoms with Crippen LogP contribution in [-0.4, -0.2) is 19.7 Å². The summed E-state index contributed by atoms with van der Waals surface area (Å²) in [5, 5.41) is 5.32. The summed E-state index contributed by atoms with van der Waals surface area (Å²) in [6, 6.07) is 15.6. The lowest BCUT2D eigenvalue weighted by molar-refractivity contribution is 0.433. The van der Waals surface area contributed by atoms with Crippen LogP contribution in [0.3, 0.4) is 0 Å². The Bertz CT molecular complexity index is 1540. The summed E-state index contributed by atoms with van der Waals surface area (Å²) in [5.74, 6) is 0.835. The van der Waals surface area contributed by atoms with E-state index in [-0.39, 0.29) is 11.0 Å². The van der Waals surface area contributed by atoms with E-state index in [9.17, 15) is 4.79 Å². The Labute approximate surface area is 205 Å². The van der Waals surface area contributed by atoms with Crippen LogP contribution in [0.5, 0.6) is 0 Å². The van der Waals surface area contributed by atoms with Gasteiger partial charge in [-0.25, -0.2) is 4.98 Å². The van der Waals surface area contributed by atoms with Crippen molar-refractivity contribution in [2.24, 2.45) is 0 Å². The number of nitrogens with zero attached hydrogens (tertiary/aromatic N) is 4. The third-order valence-electron chi connectivity index (χ3n) is 5.81. The lowest BCUT2D eigenvalue weighted by Gasteiger charge is -2.19. The standard InChI is InChI=1S/C26H23ClN4O2S/c1-15-20-24(34-21(15)23-29-22(30-33-23)17-7-11-19(27)12-8-17)28-14-31(25(20)32)13-16-5-9-18(10-6-16)26(2,3)4/h5-12,14H,13H2,1-4H3. The number of benzene rings is 2. The first-order chi connectivity index (χ1) is 16.2. The summed E-state index contributed by atoms with van der Waals surface area (Å²) >= 11 is 7.35. The Morgan fingerprint density at radius 2 is 1.76 bits per heavy atom. The molecular formula is C26H23ClN4O2S. The van der Waals surface area contributed by atoms with Gasteiger partial charge >= 0.3 is 0 Å². The molecular weight excluding hydrogens is 468 g/mol. The topological polar surface area (TPSA) is 73.8 Å². The summed E-state index contributed by atoms with van der Waals surface area (Å²) in [7, 11) is 0. The first kappa shape index (κ1) is 22.5. The molecule has 0 aliphatic heterocycles. The maximum atomic E-state index is 13.3. The SMILES string of the molecule is Cc1c(-c2nc(-c3ccc(Cl)cc3)no2)sc2ncn(Cc3ccc(C(C)(C)C)cc3)c(=O)c12. The van der Waals surface area contributed by atoms with Gasteiger partial charge in [-0.2, -0.15) is 4.98 Å². The highest BCUT2D eigenvalue weighted by Crippen LogP contribution is 2.35. The minimum atomic E-state index is -0.0812. The molecule has 0 spiro atoms. The van der Waals surface area contributed by atoms with Gasteiger partial charge in [-0.05, 0) is 53.3 Å². The van der Waals surface area contributed by atoms with Gasteiger partial charge < -0.3 is 4.52 Å². The summed E-state index contributed by atoms with van der Waals surface area (Å²) in [6.07, 6.45) is 1.61. The van der Waals surface area contributed by atoms with E-state index in [1.54, 1.807) is 23.0 Å². The van der Waals surface area contributed by atoms with Crippen molar-refractivity contribution in [3.63, 3.8) is 0 Å². The molecule has 0 amide bonds. The van der Waals surface area contributed by atoms with Crippen molar-refractivity contribution in [1.29, 1.82) is 0 Å². The van der Waals surface area contributed by atoms with Crippen LogP contribution in [0.4, 0.5) is 0 Å². The van der Waals surface area contributed by atoms with Crippen molar-refractivity contribution in [3.8, 4) is 22.2 Å². The highest BCUT2D eigenvalue weighted by Gasteiger charge is 2.21. The van der Waals surface area contributed by atoms with E-state index in [1.165, 1.54) is 16.9 Å². The summed E-state index contributed by atoms with van der Waals surface area (Å²) in [4.78, 5) is 23.8. The second-order valence-electron chi connectivity index (χ2n) is 9.29. The highest BCUT2D eigenvalue weighted by molar-refractivity contribution is 7.22. The van der Waals surface area contributed by atoms with Gasteiger partial charge in [0.25, 0.3) is 11.4 Å². The Morgan fingerprint density at radius 1 is 1.06 bits per heavy atom. The van der Waals surface area contributed by atoms with Gasteiger partial charge in [-0.3, -0.25) is 9.36 Å². The third kappa shape index (κ3) is 4.17. The van der Waals surface area contributed by atoms with Crippen LogP contribution < -0.4 is 5.56 Å². The first-order valence-electron chi connectivity index (χ1n) is 10.9. The van der Waals surface area contributed by atoms with Crippen molar-refractivity contribution in [2.45, 2.75) is 39.7 Å². The zero-order valence-electron chi connectivity index (χ0n) is 19.3. The van der Waals surface area contributed by atoms with E-state index < -0.39 is 0 Å². The van der Waals surface area contributed by atoms with Gasteiger partial charge in [0.2, 0.25) is 5.82 Å². The maximum absolute atomic E-state index is 13.3. The zero-order valence-corrected chi connectivity index (χ0v) is 20.9. The lowest BCUT2D eigenvalue weighted by atomic mass is 9.87. The van der Waals surface area contributed by atoms with Crippen molar-refractivity contribution in [3.05, 3.63) is 86.9 Å². The smallest absolute Gasteiger partial charge is 0.268 e. The van der Waals surface area contributed by atoms with Crippen LogP contribution in [0.1, 0.15) is 37.5 Å². The average molecular weight is 491 g/mol. The molecule has 5 aromatic rings. The van der Waals surface area contributed by atoms with Gasteiger partial charge in [0.05, 0.1) is 23.1 Å². The molecule has 6 nitrogen and oxygen atoms in total. The molecule has 172 valence electrons. The molecule has 3 heterocycles. The van der Waals surface area contributed by atoms with E-state index in [2.05, 4.69) is 60.2 Å². The van der Waals surface area contributed by atoms with Crippen LogP contribution in [0.25, 0.3) is 32.4 Å². The molecule has 0 aliphatic carbocycles. The number of aryl methyl sites for hydroxylation is 1. The predicted octanol–water partition coefficient (Wildman–Crippen LogP) is 6.48. The normalized spacial score (nSPS) is 11.9. The molecule has 3 aromatic heterocycles. The molecule has 0 unspecified atom stereocenters. The van der Waals surface area contributed by atoms with Crippen molar-refractivity contribution in [1.82, 2.24) is 19.7 Å². The monoisotopic (exact) mass is 490 g/mol. The fraction of sp³-hybridized carbons (Fsp3) is 0.231. The third-order valence-corrected chi connectivity index (χ3v) is 7.25. The number of hydrogen-bond donors (Lipinski definition) is 0. The molecule has 0 fully saturated rings. The van der Waals surface area contributed by atoms with Crippen molar-refractivity contribution < 1.29 is 4.52 Å². The molecule has 5 rings (SSSR count). The largest absolute Gasteiger partial charge is 0.333 e. The van der Waals surface area contributed by atoms with Gasteiger partial charge in [0.1, 0.15) is 4.83 Å². The molecule has 0 N–H and O–H groups in total. The quantitative estimate of drug-likeness (QED) is 0.288. The number of aromatic nitrogens is 4. The molecule has 0 atom stereocenters. The maximum Gasteiger partial charge on any atom is 0.268 e. The number of hydrogen-bond acceptors (Lipinski definition) is 6. The van der Waals surface area contributed by atoms with E-state index in [0.29, 0.717) is 33.5 Å². The highest BCUT2D eigenvalue weighted by atomic mass is 35.5. The molecule has 0 aliphatic rings. The van der Waals surface area contributed by atoms with Crippen LogP contribution in [-0.2, 0) is 12.0 Å². The van der Waals surface area contributed by atoms with E-state index in [1.807, 2.05) is 19.1 Å². The molecule has 0 radical (unpaired) electrons. The van der Waals surface area contributed by atoms with E-state index in [4.69, 9.17) is 16.1 Å². The summed E-state index contributed by atoms with van der Waals surface area (Å²) in [5.41, 5.74) is 3.91. The van der Waals surface area contributed by atoms with Crippen LogP contribution in [0.2, 0.25) is 5.02 Å². The molecule has 34 heavy (non-hydrogen) atoms. The van der Waals surface area contributed by atoms with Crippen molar-refractivity contribution >= 4 is 33.2 Å². The van der Waals surface area contributed by atoms with E-state index in [0.717, 1.165) is 21.6 Å². The lowest BCUT2D eigenvalue weighted by Crippen LogP contribution is -2.21. The van der Waals surface area contributed by atoms with Crippen LogP contribution in [0.15, 0.2) is 64.2 Å². The van der Waals surface area contributed by atoms with Gasteiger partial charge in [-0.15, -0.1) is 11.3 Å². The Kier molecular flexibility index (Phi) is 5.62. The Morgan fingerprint density at radius 3 is 2.44 bits per heavy atom.